The highest BCUT2D eigenvalue weighted by Crippen LogP contribution is 2.11. The van der Waals surface area contributed by atoms with E-state index in [1.807, 2.05) is 20.9 Å². The first-order valence-corrected chi connectivity index (χ1v) is 6.65. The maximum absolute atomic E-state index is 11.8. The van der Waals surface area contributed by atoms with Gasteiger partial charge in [0.2, 0.25) is 5.43 Å². The van der Waals surface area contributed by atoms with E-state index >= 15 is 0 Å². The van der Waals surface area contributed by atoms with E-state index in [0.29, 0.717) is 0 Å². The van der Waals surface area contributed by atoms with Crippen LogP contribution in [-0.2, 0) is 23.2 Å². The van der Waals surface area contributed by atoms with Crippen molar-refractivity contribution < 1.29 is 9.59 Å². The second-order valence-corrected chi connectivity index (χ2v) is 4.83. The number of aromatic amines is 1. The van der Waals surface area contributed by atoms with E-state index < -0.39 is 11.8 Å². The fraction of sp³-hybridized carbons (Fsp3) is 0.286. The number of pyridine rings is 1. The molecule has 8 nitrogen and oxygen atoms in total. The summed E-state index contributed by atoms with van der Waals surface area (Å²) in [7, 11) is 1.81. The summed E-state index contributed by atoms with van der Waals surface area (Å²) in [5.74, 6) is -1.71. The molecule has 0 atom stereocenters. The van der Waals surface area contributed by atoms with Crippen LogP contribution in [0.4, 0.5) is 5.69 Å². The summed E-state index contributed by atoms with van der Waals surface area (Å²) < 4.78 is 1.71. The zero-order chi connectivity index (χ0) is 16.3. The van der Waals surface area contributed by atoms with Crippen molar-refractivity contribution in [2.75, 3.05) is 5.32 Å². The second-order valence-electron chi connectivity index (χ2n) is 4.83. The molecule has 22 heavy (non-hydrogen) atoms. The Balaban J connectivity index is 1.99. The van der Waals surface area contributed by atoms with Crippen molar-refractivity contribution >= 4 is 17.5 Å². The van der Waals surface area contributed by atoms with Gasteiger partial charge in [-0.05, 0) is 13.8 Å². The number of rotatable bonds is 3. The third kappa shape index (κ3) is 3.22. The molecule has 0 aromatic carbocycles. The van der Waals surface area contributed by atoms with Crippen molar-refractivity contribution in [2.45, 2.75) is 20.4 Å². The van der Waals surface area contributed by atoms with Gasteiger partial charge in [0, 0.05) is 43.3 Å². The first kappa shape index (κ1) is 15.5. The summed E-state index contributed by atoms with van der Waals surface area (Å²) in [6.07, 6.45) is 2.76. The number of aryl methyl sites for hydroxylation is 2. The molecule has 2 amide bonds. The van der Waals surface area contributed by atoms with Gasteiger partial charge in [-0.3, -0.25) is 19.1 Å². The van der Waals surface area contributed by atoms with Gasteiger partial charge in [-0.2, -0.15) is 5.10 Å². The molecule has 0 saturated heterocycles. The molecule has 116 valence electrons. The zero-order valence-electron chi connectivity index (χ0n) is 12.6. The van der Waals surface area contributed by atoms with Gasteiger partial charge in [-0.15, -0.1) is 0 Å². The third-order valence-corrected chi connectivity index (χ3v) is 3.36. The number of aromatic nitrogens is 3. The van der Waals surface area contributed by atoms with E-state index in [0.717, 1.165) is 17.0 Å². The lowest BCUT2D eigenvalue weighted by molar-refractivity contribution is -0.136. The summed E-state index contributed by atoms with van der Waals surface area (Å²) in [4.78, 5) is 37.7. The van der Waals surface area contributed by atoms with Crippen molar-refractivity contribution in [3.05, 3.63) is 45.6 Å². The first-order chi connectivity index (χ1) is 10.4. The summed E-state index contributed by atoms with van der Waals surface area (Å²) in [6, 6.07) is 1.26. The zero-order valence-corrected chi connectivity index (χ0v) is 12.6. The van der Waals surface area contributed by atoms with Gasteiger partial charge < -0.3 is 15.6 Å². The van der Waals surface area contributed by atoms with Crippen LogP contribution >= 0.6 is 0 Å². The number of anilines is 1. The molecule has 0 bridgehead atoms. The van der Waals surface area contributed by atoms with Gasteiger partial charge >= 0.3 is 11.8 Å². The Kier molecular flexibility index (Phi) is 4.40. The van der Waals surface area contributed by atoms with E-state index in [1.54, 1.807) is 4.68 Å². The standard InChI is InChI=1S/C14H17N5O3/c1-8-10(9(2)19(3)18-8)6-16-13(21)14(22)17-11-7-15-5-4-12(11)20/h4-5,7H,6H2,1-3H3,(H,15,20)(H,16,21)(H,17,22). The van der Waals surface area contributed by atoms with Crippen molar-refractivity contribution in [3.63, 3.8) is 0 Å². The maximum Gasteiger partial charge on any atom is 0.313 e. The molecule has 0 fully saturated rings. The van der Waals surface area contributed by atoms with Gasteiger partial charge in [0.05, 0.1) is 5.69 Å². The fourth-order valence-corrected chi connectivity index (χ4v) is 2.02. The van der Waals surface area contributed by atoms with Gasteiger partial charge in [-0.25, -0.2) is 0 Å². The van der Waals surface area contributed by atoms with Crippen LogP contribution in [0.25, 0.3) is 0 Å². The third-order valence-electron chi connectivity index (χ3n) is 3.36. The Morgan fingerprint density at radius 2 is 2.05 bits per heavy atom. The first-order valence-electron chi connectivity index (χ1n) is 6.65. The fourth-order valence-electron chi connectivity index (χ4n) is 2.02. The van der Waals surface area contributed by atoms with E-state index in [2.05, 4.69) is 20.7 Å². The number of amides is 2. The maximum atomic E-state index is 11.8. The van der Waals surface area contributed by atoms with E-state index in [4.69, 9.17) is 0 Å². The predicted molar refractivity (Wildman–Crippen MR) is 80.2 cm³/mol. The quantitative estimate of drug-likeness (QED) is 0.692. The number of hydrogen-bond donors (Lipinski definition) is 3. The largest absolute Gasteiger partial charge is 0.366 e. The molecule has 2 heterocycles. The lowest BCUT2D eigenvalue weighted by Crippen LogP contribution is -2.36. The summed E-state index contributed by atoms with van der Waals surface area (Å²) >= 11 is 0. The molecule has 2 aromatic heterocycles. The SMILES string of the molecule is Cc1nn(C)c(C)c1CNC(=O)C(=O)Nc1c[nH]ccc1=O. The second kappa shape index (κ2) is 6.25. The van der Waals surface area contributed by atoms with Crippen LogP contribution in [0.3, 0.4) is 0 Å². The number of carbonyl (C=O) groups excluding carboxylic acids is 2. The Morgan fingerprint density at radius 1 is 1.32 bits per heavy atom. The molecular weight excluding hydrogens is 286 g/mol. The van der Waals surface area contributed by atoms with Crippen LogP contribution in [0.5, 0.6) is 0 Å². The summed E-state index contributed by atoms with van der Waals surface area (Å²) in [5.41, 5.74) is 2.22. The molecule has 8 heteroatoms. The van der Waals surface area contributed by atoms with Gasteiger partial charge in [-0.1, -0.05) is 0 Å². The monoisotopic (exact) mass is 303 g/mol. The molecule has 0 aliphatic rings. The highest BCUT2D eigenvalue weighted by atomic mass is 16.2. The Morgan fingerprint density at radius 3 is 2.64 bits per heavy atom. The molecule has 2 rings (SSSR count). The van der Waals surface area contributed by atoms with Crippen LogP contribution < -0.4 is 16.1 Å². The predicted octanol–water partition coefficient (Wildman–Crippen LogP) is -0.0199. The molecule has 0 aliphatic heterocycles. The van der Waals surface area contributed by atoms with E-state index in [1.165, 1.54) is 18.5 Å². The van der Waals surface area contributed by atoms with Crippen LogP contribution in [-0.4, -0.2) is 26.6 Å². The van der Waals surface area contributed by atoms with Crippen molar-refractivity contribution in [1.29, 1.82) is 0 Å². The van der Waals surface area contributed by atoms with Crippen LogP contribution in [0.1, 0.15) is 17.0 Å². The van der Waals surface area contributed by atoms with Crippen molar-refractivity contribution in [2.24, 2.45) is 7.05 Å². The minimum absolute atomic E-state index is 0.0244. The number of hydrogen-bond acceptors (Lipinski definition) is 4. The number of nitrogens with one attached hydrogen (secondary N) is 3. The molecule has 0 radical (unpaired) electrons. The van der Waals surface area contributed by atoms with E-state index in [9.17, 15) is 14.4 Å². The number of H-pyrrole nitrogens is 1. The summed E-state index contributed by atoms with van der Waals surface area (Å²) in [5, 5.41) is 9.01. The topological polar surface area (TPSA) is 109 Å². The Hall–Kier alpha value is -2.90. The van der Waals surface area contributed by atoms with Gasteiger partial charge in [0.15, 0.2) is 0 Å². The van der Waals surface area contributed by atoms with Crippen LogP contribution in [0.15, 0.2) is 23.3 Å². The van der Waals surface area contributed by atoms with Gasteiger partial charge in [0.25, 0.3) is 0 Å². The summed E-state index contributed by atoms with van der Waals surface area (Å²) in [6.45, 7) is 3.91. The Labute approximate surface area is 126 Å². The van der Waals surface area contributed by atoms with Crippen molar-refractivity contribution in [1.82, 2.24) is 20.1 Å². The smallest absolute Gasteiger partial charge is 0.313 e. The van der Waals surface area contributed by atoms with Gasteiger partial charge in [0.1, 0.15) is 5.69 Å². The molecule has 3 N–H and O–H groups in total. The highest BCUT2D eigenvalue weighted by Gasteiger charge is 2.16. The molecule has 0 aliphatic carbocycles. The molecule has 2 aromatic rings. The number of carbonyl (C=O) groups is 2. The molecule has 0 spiro atoms. The minimum atomic E-state index is -0.893. The number of nitrogens with zero attached hydrogens (tertiary/aromatic N) is 2. The van der Waals surface area contributed by atoms with E-state index in [-0.39, 0.29) is 17.7 Å². The lowest BCUT2D eigenvalue weighted by Gasteiger charge is -2.06. The average Bonchev–Trinajstić information content (AvgIpc) is 2.72. The molecule has 0 saturated carbocycles. The van der Waals surface area contributed by atoms with Crippen molar-refractivity contribution in [3.8, 4) is 0 Å². The Bertz CT molecular complexity index is 775. The molecular formula is C14H17N5O3. The minimum Gasteiger partial charge on any atom is -0.366 e. The van der Waals surface area contributed by atoms with Crippen LogP contribution in [0, 0.1) is 13.8 Å². The molecule has 0 unspecified atom stereocenters. The van der Waals surface area contributed by atoms with Crippen LogP contribution in [0.2, 0.25) is 0 Å². The highest BCUT2D eigenvalue weighted by molar-refractivity contribution is 6.39. The lowest BCUT2D eigenvalue weighted by atomic mass is 10.2. The average molecular weight is 303 g/mol. The normalized spacial score (nSPS) is 10.3.